The number of aliphatic hydroxyl groups is 2. The molecule has 2 aromatic rings. The van der Waals surface area contributed by atoms with Crippen LogP contribution in [0.3, 0.4) is 0 Å². The van der Waals surface area contributed by atoms with E-state index in [1.807, 2.05) is 43.3 Å². The molecule has 0 saturated carbocycles. The number of hydrogen-bond donors (Lipinski definition) is 2. The number of benzene rings is 2. The van der Waals surface area contributed by atoms with Gasteiger partial charge in [0, 0.05) is 12.5 Å². The van der Waals surface area contributed by atoms with Crippen LogP contribution in [-0.4, -0.2) is 37.8 Å². The van der Waals surface area contributed by atoms with Gasteiger partial charge >= 0.3 is 0 Å². The van der Waals surface area contributed by atoms with E-state index in [0.717, 1.165) is 0 Å². The van der Waals surface area contributed by atoms with Crippen LogP contribution in [0.25, 0.3) is 0 Å². The predicted molar refractivity (Wildman–Crippen MR) is 106 cm³/mol. The van der Waals surface area contributed by atoms with Crippen molar-refractivity contribution in [3.8, 4) is 0 Å². The molecular weight excluding hydrogens is 328 g/mol. The first kappa shape index (κ1) is 19.9. The molecule has 0 unspecified atom stereocenters. The zero-order chi connectivity index (χ0) is 18.5. The highest BCUT2D eigenvalue weighted by Gasteiger charge is 2.50. The second-order valence-corrected chi connectivity index (χ2v) is 12.0. The van der Waals surface area contributed by atoms with Gasteiger partial charge in [0.1, 0.15) is 0 Å². The largest absolute Gasteiger partial charge is 0.405 e. The van der Waals surface area contributed by atoms with Gasteiger partial charge in [0.2, 0.25) is 0 Å². The van der Waals surface area contributed by atoms with Gasteiger partial charge in [-0.1, -0.05) is 88.4 Å². The maximum absolute atomic E-state index is 10.4. The Morgan fingerprint density at radius 1 is 0.920 bits per heavy atom. The van der Waals surface area contributed by atoms with Crippen LogP contribution in [0.15, 0.2) is 60.7 Å². The number of rotatable bonds is 7. The highest BCUT2D eigenvalue weighted by Crippen LogP contribution is 2.36. The summed E-state index contributed by atoms with van der Waals surface area (Å²) in [5.74, 6) is -0.210. The molecule has 4 heteroatoms. The molecule has 2 aromatic carbocycles. The predicted octanol–water partition coefficient (Wildman–Crippen LogP) is 2.55. The molecule has 0 amide bonds. The van der Waals surface area contributed by atoms with Gasteiger partial charge in [-0.05, 0) is 15.4 Å². The molecule has 136 valence electrons. The summed E-state index contributed by atoms with van der Waals surface area (Å²) in [7, 11) is -2.61. The Bertz CT molecular complexity index is 598. The fraction of sp³-hybridized carbons (Fsp3) is 0.429. The summed E-state index contributed by atoms with van der Waals surface area (Å²) in [6, 6.07) is 20.7. The summed E-state index contributed by atoms with van der Waals surface area (Å²) < 4.78 is 6.63. The molecule has 2 rings (SSSR count). The molecule has 0 aliphatic heterocycles. The first-order chi connectivity index (χ1) is 11.8. The Morgan fingerprint density at radius 3 is 1.72 bits per heavy atom. The SMILES string of the molecule is C[C@@H](CO)[C@@H](O)CO[Si](c1ccccc1)(c1ccccc1)C(C)(C)C. The van der Waals surface area contributed by atoms with Crippen LogP contribution in [0.2, 0.25) is 5.04 Å². The summed E-state index contributed by atoms with van der Waals surface area (Å²) in [5.41, 5.74) is 0. The van der Waals surface area contributed by atoms with Crippen LogP contribution in [0.4, 0.5) is 0 Å². The zero-order valence-electron chi connectivity index (χ0n) is 15.6. The van der Waals surface area contributed by atoms with Crippen LogP contribution in [0.1, 0.15) is 27.7 Å². The molecule has 0 bridgehead atoms. The average molecular weight is 359 g/mol. The summed E-state index contributed by atoms with van der Waals surface area (Å²) in [4.78, 5) is 0. The van der Waals surface area contributed by atoms with Crippen molar-refractivity contribution in [2.45, 2.75) is 38.8 Å². The van der Waals surface area contributed by atoms with Gasteiger partial charge in [0.25, 0.3) is 8.32 Å². The van der Waals surface area contributed by atoms with Gasteiger partial charge in [-0.15, -0.1) is 0 Å². The highest BCUT2D eigenvalue weighted by molar-refractivity contribution is 6.99. The Morgan fingerprint density at radius 2 is 1.36 bits per heavy atom. The lowest BCUT2D eigenvalue weighted by molar-refractivity contribution is 0.0354. The van der Waals surface area contributed by atoms with Crippen molar-refractivity contribution in [3.63, 3.8) is 0 Å². The average Bonchev–Trinajstić information content (AvgIpc) is 2.62. The van der Waals surface area contributed by atoms with E-state index in [-0.39, 0.29) is 24.2 Å². The molecule has 0 heterocycles. The normalized spacial score (nSPS) is 15.0. The second kappa shape index (κ2) is 8.28. The molecule has 0 aliphatic carbocycles. The van der Waals surface area contributed by atoms with Gasteiger partial charge in [-0.3, -0.25) is 0 Å². The standard InChI is InChI=1S/C21H30O3Si/c1-17(15-22)20(23)16-24-25(21(2,3)4,18-11-7-5-8-12-18)19-13-9-6-10-14-19/h5-14,17,20,22-23H,15-16H2,1-4H3/t17-,20-/m0/s1. The number of aliphatic hydroxyl groups excluding tert-OH is 2. The maximum Gasteiger partial charge on any atom is 0.261 e. The van der Waals surface area contributed by atoms with E-state index >= 15 is 0 Å². The fourth-order valence-electron chi connectivity index (χ4n) is 3.26. The molecule has 25 heavy (non-hydrogen) atoms. The van der Waals surface area contributed by atoms with E-state index in [2.05, 4.69) is 45.0 Å². The van der Waals surface area contributed by atoms with Crippen LogP contribution in [0.5, 0.6) is 0 Å². The Kier molecular flexibility index (Phi) is 6.57. The van der Waals surface area contributed by atoms with Gasteiger partial charge in [0.05, 0.1) is 12.7 Å². The topological polar surface area (TPSA) is 49.7 Å². The summed E-state index contributed by atoms with van der Waals surface area (Å²) in [6.45, 7) is 8.63. The molecule has 0 aliphatic rings. The van der Waals surface area contributed by atoms with Gasteiger partial charge in [-0.25, -0.2) is 0 Å². The molecule has 3 nitrogen and oxygen atoms in total. The first-order valence-corrected chi connectivity index (χ1v) is 10.8. The van der Waals surface area contributed by atoms with Crippen molar-refractivity contribution >= 4 is 18.7 Å². The minimum atomic E-state index is -2.61. The van der Waals surface area contributed by atoms with Crippen molar-refractivity contribution in [2.75, 3.05) is 13.2 Å². The highest BCUT2D eigenvalue weighted by atomic mass is 28.4. The molecule has 0 spiro atoms. The van der Waals surface area contributed by atoms with E-state index in [4.69, 9.17) is 4.43 Å². The lowest BCUT2D eigenvalue weighted by Gasteiger charge is -2.43. The van der Waals surface area contributed by atoms with Gasteiger partial charge in [-0.2, -0.15) is 0 Å². The summed E-state index contributed by atoms with van der Waals surface area (Å²) in [6.07, 6.45) is -0.688. The third kappa shape index (κ3) is 4.21. The van der Waals surface area contributed by atoms with E-state index in [1.165, 1.54) is 10.4 Å². The lowest BCUT2D eigenvalue weighted by atomic mass is 10.1. The third-order valence-electron chi connectivity index (χ3n) is 4.83. The molecule has 0 aromatic heterocycles. The van der Waals surface area contributed by atoms with Gasteiger partial charge in [0.15, 0.2) is 0 Å². The van der Waals surface area contributed by atoms with Crippen molar-refractivity contribution in [1.29, 1.82) is 0 Å². The second-order valence-electron chi connectivity index (χ2n) is 7.70. The maximum atomic E-state index is 10.4. The Balaban J connectivity index is 2.53. The van der Waals surface area contributed by atoms with Crippen LogP contribution >= 0.6 is 0 Å². The first-order valence-electron chi connectivity index (χ1n) is 8.87. The fourth-order valence-corrected chi connectivity index (χ4v) is 7.83. The van der Waals surface area contributed by atoms with Crippen molar-refractivity contribution in [1.82, 2.24) is 0 Å². The number of hydrogen-bond acceptors (Lipinski definition) is 3. The minimum Gasteiger partial charge on any atom is -0.405 e. The third-order valence-corrected chi connectivity index (χ3v) is 9.84. The summed E-state index contributed by atoms with van der Waals surface area (Å²) >= 11 is 0. The lowest BCUT2D eigenvalue weighted by Crippen LogP contribution is -2.67. The van der Waals surface area contributed by atoms with E-state index in [0.29, 0.717) is 0 Å². The molecule has 0 saturated heterocycles. The van der Waals surface area contributed by atoms with Crippen LogP contribution in [-0.2, 0) is 4.43 Å². The van der Waals surface area contributed by atoms with E-state index < -0.39 is 14.4 Å². The van der Waals surface area contributed by atoms with Crippen molar-refractivity contribution < 1.29 is 14.6 Å². The van der Waals surface area contributed by atoms with Crippen molar-refractivity contribution in [3.05, 3.63) is 60.7 Å². The minimum absolute atomic E-state index is 0.0503. The molecule has 0 fully saturated rings. The van der Waals surface area contributed by atoms with Crippen molar-refractivity contribution in [2.24, 2.45) is 5.92 Å². The van der Waals surface area contributed by atoms with E-state index in [1.54, 1.807) is 0 Å². The van der Waals surface area contributed by atoms with E-state index in [9.17, 15) is 10.2 Å². The molecule has 0 radical (unpaired) electrons. The van der Waals surface area contributed by atoms with Crippen LogP contribution < -0.4 is 10.4 Å². The Hall–Kier alpha value is -1.46. The molecule has 2 N–H and O–H groups in total. The quantitative estimate of drug-likeness (QED) is 0.748. The van der Waals surface area contributed by atoms with Gasteiger partial charge < -0.3 is 14.6 Å². The Labute approximate surface area is 152 Å². The zero-order valence-corrected chi connectivity index (χ0v) is 16.6. The summed E-state index contributed by atoms with van der Waals surface area (Å²) in [5, 5.41) is 22.0. The smallest absolute Gasteiger partial charge is 0.261 e. The van der Waals surface area contributed by atoms with Crippen LogP contribution in [0, 0.1) is 5.92 Å². The monoisotopic (exact) mass is 358 g/mol. The molecular formula is C21H30O3Si. The molecule has 2 atom stereocenters.